The van der Waals surface area contributed by atoms with E-state index in [-0.39, 0.29) is 0 Å². The van der Waals surface area contributed by atoms with Crippen LogP contribution in [0.2, 0.25) is 0 Å². The molecule has 0 bridgehead atoms. The number of nitriles is 1. The van der Waals surface area contributed by atoms with Crippen molar-refractivity contribution in [1.29, 1.82) is 5.26 Å². The van der Waals surface area contributed by atoms with Gasteiger partial charge in [-0.25, -0.2) is 0 Å². The van der Waals surface area contributed by atoms with E-state index in [0.717, 1.165) is 5.56 Å². The van der Waals surface area contributed by atoms with E-state index in [2.05, 4.69) is 16.0 Å². The molecule has 0 atom stereocenters. The van der Waals surface area contributed by atoms with E-state index in [1.54, 1.807) is 44.4 Å². The summed E-state index contributed by atoms with van der Waals surface area (Å²) in [6.45, 7) is 3.35. The second-order valence-electron chi connectivity index (χ2n) is 4.50. The van der Waals surface area contributed by atoms with Gasteiger partial charge in [-0.05, 0) is 38.1 Å². The molecule has 18 heavy (non-hydrogen) atoms. The third-order valence-electron chi connectivity index (χ3n) is 2.59. The maximum absolute atomic E-state index is 9.82. The number of hydrogen-bond donors (Lipinski definition) is 1. The first kappa shape index (κ1) is 12.2. The Balaban J connectivity index is 2.45. The summed E-state index contributed by atoms with van der Waals surface area (Å²) in [4.78, 5) is 8.39. The van der Waals surface area contributed by atoms with Gasteiger partial charge in [0.2, 0.25) is 0 Å². The quantitative estimate of drug-likeness (QED) is 0.872. The van der Waals surface area contributed by atoms with Crippen LogP contribution in [0.3, 0.4) is 0 Å². The van der Waals surface area contributed by atoms with Gasteiger partial charge in [0.05, 0.1) is 17.0 Å². The molecule has 0 saturated carbocycles. The van der Waals surface area contributed by atoms with Gasteiger partial charge in [0, 0.05) is 18.0 Å². The van der Waals surface area contributed by atoms with E-state index in [1.165, 1.54) is 0 Å². The zero-order valence-corrected chi connectivity index (χ0v) is 10.3. The average molecular weight is 239 g/mol. The third kappa shape index (κ3) is 2.36. The zero-order valence-electron chi connectivity index (χ0n) is 10.3. The third-order valence-corrected chi connectivity index (χ3v) is 2.59. The smallest absolute Gasteiger partial charge is 0.101 e. The van der Waals surface area contributed by atoms with Crippen LogP contribution in [0, 0.1) is 11.3 Å². The molecular formula is C14H13N3O. The van der Waals surface area contributed by atoms with E-state index in [0.29, 0.717) is 17.0 Å². The van der Waals surface area contributed by atoms with Crippen LogP contribution in [-0.2, 0) is 5.60 Å². The zero-order chi connectivity index (χ0) is 13.2. The SMILES string of the molecule is CC(C)(O)c1ccc(-c2ncccc2C#N)cn1. The monoisotopic (exact) mass is 239 g/mol. The van der Waals surface area contributed by atoms with Gasteiger partial charge in [-0.2, -0.15) is 5.26 Å². The molecule has 1 N–H and O–H groups in total. The van der Waals surface area contributed by atoms with Gasteiger partial charge in [0.15, 0.2) is 0 Å². The second-order valence-corrected chi connectivity index (χ2v) is 4.50. The number of pyridine rings is 2. The highest BCUT2D eigenvalue weighted by Gasteiger charge is 2.17. The number of aliphatic hydroxyl groups is 1. The van der Waals surface area contributed by atoms with Crippen molar-refractivity contribution < 1.29 is 5.11 Å². The first-order chi connectivity index (χ1) is 8.52. The van der Waals surface area contributed by atoms with Gasteiger partial charge in [-0.1, -0.05) is 0 Å². The Labute approximate surface area is 106 Å². The summed E-state index contributed by atoms with van der Waals surface area (Å²) >= 11 is 0. The summed E-state index contributed by atoms with van der Waals surface area (Å²) < 4.78 is 0. The van der Waals surface area contributed by atoms with Crippen molar-refractivity contribution >= 4 is 0 Å². The van der Waals surface area contributed by atoms with Gasteiger partial charge in [-0.15, -0.1) is 0 Å². The summed E-state index contributed by atoms with van der Waals surface area (Å²) in [5.41, 5.74) is 1.49. The molecule has 4 heteroatoms. The predicted molar refractivity (Wildman–Crippen MR) is 67.4 cm³/mol. The Bertz CT molecular complexity index is 592. The van der Waals surface area contributed by atoms with E-state index >= 15 is 0 Å². The molecular weight excluding hydrogens is 226 g/mol. The minimum atomic E-state index is -0.972. The topological polar surface area (TPSA) is 69.8 Å². The Morgan fingerprint density at radius 3 is 2.56 bits per heavy atom. The van der Waals surface area contributed by atoms with Gasteiger partial charge < -0.3 is 5.11 Å². The molecule has 2 rings (SSSR count). The van der Waals surface area contributed by atoms with Crippen LogP contribution in [0.5, 0.6) is 0 Å². The summed E-state index contributed by atoms with van der Waals surface area (Å²) in [5.74, 6) is 0. The predicted octanol–water partition coefficient (Wildman–Crippen LogP) is 2.24. The fourth-order valence-corrected chi connectivity index (χ4v) is 1.62. The lowest BCUT2D eigenvalue weighted by molar-refractivity contribution is 0.0739. The van der Waals surface area contributed by atoms with E-state index in [9.17, 15) is 5.11 Å². The molecule has 0 aliphatic carbocycles. The van der Waals surface area contributed by atoms with Crippen LogP contribution in [0.15, 0.2) is 36.7 Å². The van der Waals surface area contributed by atoms with Crippen LogP contribution >= 0.6 is 0 Å². The first-order valence-corrected chi connectivity index (χ1v) is 5.57. The Morgan fingerprint density at radius 2 is 2.00 bits per heavy atom. The van der Waals surface area contributed by atoms with Crippen molar-refractivity contribution in [2.24, 2.45) is 0 Å². The van der Waals surface area contributed by atoms with Crippen LogP contribution in [0.25, 0.3) is 11.3 Å². The molecule has 4 nitrogen and oxygen atoms in total. The van der Waals surface area contributed by atoms with Gasteiger partial charge in [0.1, 0.15) is 11.7 Å². The van der Waals surface area contributed by atoms with Crippen LogP contribution in [-0.4, -0.2) is 15.1 Å². The highest BCUT2D eigenvalue weighted by molar-refractivity contribution is 5.65. The minimum Gasteiger partial charge on any atom is -0.384 e. The van der Waals surface area contributed by atoms with Crippen molar-refractivity contribution in [2.45, 2.75) is 19.4 Å². The van der Waals surface area contributed by atoms with E-state index < -0.39 is 5.60 Å². The molecule has 2 aromatic rings. The number of nitrogens with zero attached hydrogens (tertiary/aromatic N) is 3. The highest BCUT2D eigenvalue weighted by atomic mass is 16.3. The first-order valence-electron chi connectivity index (χ1n) is 5.57. The standard InChI is InChI=1S/C14H13N3O/c1-14(2,18)12-6-5-11(9-17-12)13-10(8-15)4-3-7-16-13/h3-7,9,18H,1-2H3. The molecule has 2 aromatic heterocycles. The number of hydrogen-bond acceptors (Lipinski definition) is 4. The molecule has 0 amide bonds. The van der Waals surface area contributed by atoms with Crippen molar-refractivity contribution in [3.63, 3.8) is 0 Å². The number of aromatic nitrogens is 2. The Kier molecular flexibility index (Phi) is 3.09. The molecule has 0 fully saturated rings. The molecule has 0 aliphatic rings. The van der Waals surface area contributed by atoms with Gasteiger partial charge in [-0.3, -0.25) is 9.97 Å². The summed E-state index contributed by atoms with van der Waals surface area (Å²) in [5, 5.41) is 18.8. The molecule has 0 aliphatic heterocycles. The molecule has 0 unspecified atom stereocenters. The molecule has 0 saturated heterocycles. The molecule has 0 aromatic carbocycles. The van der Waals surface area contributed by atoms with Crippen LogP contribution < -0.4 is 0 Å². The molecule has 0 spiro atoms. The van der Waals surface area contributed by atoms with Crippen molar-refractivity contribution in [2.75, 3.05) is 0 Å². The largest absolute Gasteiger partial charge is 0.384 e. The fraction of sp³-hybridized carbons (Fsp3) is 0.214. The highest BCUT2D eigenvalue weighted by Crippen LogP contribution is 2.23. The summed E-state index contributed by atoms with van der Waals surface area (Å²) in [6.07, 6.45) is 3.26. The Morgan fingerprint density at radius 1 is 1.22 bits per heavy atom. The number of rotatable bonds is 2. The van der Waals surface area contributed by atoms with Gasteiger partial charge >= 0.3 is 0 Å². The average Bonchev–Trinajstić information content (AvgIpc) is 2.38. The van der Waals surface area contributed by atoms with Crippen molar-refractivity contribution in [3.8, 4) is 17.3 Å². The lowest BCUT2D eigenvalue weighted by Crippen LogP contribution is -2.17. The summed E-state index contributed by atoms with van der Waals surface area (Å²) in [7, 11) is 0. The van der Waals surface area contributed by atoms with Crippen LogP contribution in [0.1, 0.15) is 25.1 Å². The fourth-order valence-electron chi connectivity index (χ4n) is 1.62. The molecule has 2 heterocycles. The minimum absolute atomic E-state index is 0.510. The maximum Gasteiger partial charge on any atom is 0.101 e. The molecule has 90 valence electrons. The lowest BCUT2D eigenvalue weighted by Gasteiger charge is -2.16. The summed E-state index contributed by atoms with van der Waals surface area (Å²) in [6, 6.07) is 9.09. The van der Waals surface area contributed by atoms with Crippen LogP contribution in [0.4, 0.5) is 0 Å². The van der Waals surface area contributed by atoms with E-state index in [4.69, 9.17) is 5.26 Å². The molecule has 0 radical (unpaired) electrons. The maximum atomic E-state index is 9.82. The normalized spacial score (nSPS) is 11.0. The van der Waals surface area contributed by atoms with Gasteiger partial charge in [0.25, 0.3) is 0 Å². The Hall–Kier alpha value is -2.25. The lowest BCUT2D eigenvalue weighted by atomic mass is 10.0. The van der Waals surface area contributed by atoms with E-state index in [1.807, 2.05) is 6.07 Å². The van der Waals surface area contributed by atoms with Crippen molar-refractivity contribution in [3.05, 3.63) is 47.9 Å². The van der Waals surface area contributed by atoms with Crippen molar-refractivity contribution in [1.82, 2.24) is 9.97 Å². The second kappa shape index (κ2) is 4.55.